The normalized spacial score (nSPS) is 11.0. The van der Waals surface area contributed by atoms with Gasteiger partial charge in [0.25, 0.3) is 0 Å². The molecule has 3 nitrogen and oxygen atoms in total. The van der Waals surface area contributed by atoms with Gasteiger partial charge in [0.2, 0.25) is 5.88 Å². The van der Waals surface area contributed by atoms with Gasteiger partial charge in [-0.3, -0.25) is 4.57 Å². The number of rotatable bonds is 3. The molecule has 0 radical (unpaired) electrons. The van der Waals surface area contributed by atoms with Crippen molar-refractivity contribution in [3.05, 3.63) is 40.8 Å². The van der Waals surface area contributed by atoms with Crippen molar-refractivity contribution in [2.75, 3.05) is 0 Å². The maximum absolute atomic E-state index is 10.2. The summed E-state index contributed by atoms with van der Waals surface area (Å²) < 4.78 is 2.19. The van der Waals surface area contributed by atoms with Crippen molar-refractivity contribution < 1.29 is 5.11 Å². The second-order valence-corrected chi connectivity index (χ2v) is 4.89. The predicted molar refractivity (Wildman–Crippen MR) is 71.2 cm³/mol. The minimum atomic E-state index is 0.218. The largest absolute Gasteiger partial charge is 0.493 e. The molecular weight excluding hydrogens is 232 g/mol. The molecule has 4 heteroatoms. The Bertz CT molecular complexity index is 555. The number of para-hydroxylation sites is 1. The van der Waals surface area contributed by atoms with Gasteiger partial charge in [-0.25, -0.2) is 0 Å². The summed E-state index contributed by atoms with van der Waals surface area (Å²) in [5.74, 6) is 0.688. The maximum Gasteiger partial charge on any atom is 0.218 e. The number of hydrogen-bond donors (Lipinski definition) is 2. The summed E-state index contributed by atoms with van der Waals surface area (Å²) in [7, 11) is 0. The van der Waals surface area contributed by atoms with Gasteiger partial charge < -0.3 is 10.1 Å². The van der Waals surface area contributed by atoms with Crippen molar-refractivity contribution in [3.63, 3.8) is 0 Å². The lowest BCUT2D eigenvalue weighted by Gasteiger charge is -2.05. The molecule has 0 aliphatic rings. The van der Waals surface area contributed by atoms with E-state index in [0.717, 1.165) is 17.8 Å². The second kappa shape index (κ2) is 4.75. The zero-order chi connectivity index (χ0) is 12.4. The average molecular weight is 248 g/mol. The first-order valence-corrected chi connectivity index (χ1v) is 6.08. The van der Waals surface area contributed by atoms with E-state index < -0.39 is 0 Å². The molecule has 1 heterocycles. The van der Waals surface area contributed by atoms with Crippen molar-refractivity contribution in [3.8, 4) is 11.6 Å². The lowest BCUT2D eigenvalue weighted by atomic mass is 10.1. The number of aromatic amines is 1. The zero-order valence-electron chi connectivity index (χ0n) is 9.97. The van der Waals surface area contributed by atoms with Crippen LogP contribution in [0.15, 0.2) is 30.3 Å². The number of aromatic hydroxyl groups is 1. The Morgan fingerprint density at radius 3 is 2.53 bits per heavy atom. The van der Waals surface area contributed by atoms with Crippen molar-refractivity contribution in [2.45, 2.75) is 20.3 Å². The minimum absolute atomic E-state index is 0.218. The quantitative estimate of drug-likeness (QED) is 0.817. The fraction of sp³-hybridized carbons (Fsp3) is 0.308. The molecule has 0 fully saturated rings. The van der Waals surface area contributed by atoms with E-state index in [0.29, 0.717) is 10.7 Å². The molecule has 0 bridgehead atoms. The first kappa shape index (κ1) is 11.9. The summed E-state index contributed by atoms with van der Waals surface area (Å²) in [6.45, 7) is 4.21. The van der Waals surface area contributed by atoms with Gasteiger partial charge in [0.05, 0.1) is 11.4 Å². The number of imidazole rings is 1. The molecule has 0 atom stereocenters. The molecule has 1 aromatic heterocycles. The molecule has 0 amide bonds. The molecule has 2 rings (SSSR count). The van der Waals surface area contributed by atoms with Crippen LogP contribution in [0.2, 0.25) is 0 Å². The third-order valence-corrected chi connectivity index (χ3v) is 2.85. The highest BCUT2D eigenvalue weighted by molar-refractivity contribution is 7.71. The summed E-state index contributed by atoms with van der Waals surface area (Å²) in [4.78, 5) is 3.07. The molecule has 2 aromatic rings. The highest BCUT2D eigenvalue weighted by Gasteiger charge is 2.13. The van der Waals surface area contributed by atoms with Crippen LogP contribution in [0.3, 0.4) is 0 Å². The number of aromatic nitrogens is 2. The van der Waals surface area contributed by atoms with E-state index in [-0.39, 0.29) is 5.88 Å². The molecule has 0 saturated heterocycles. The number of nitrogens with one attached hydrogen (secondary N) is 1. The Morgan fingerprint density at radius 2 is 1.94 bits per heavy atom. The Hall–Kier alpha value is -1.55. The lowest BCUT2D eigenvalue weighted by molar-refractivity contribution is 0.430. The third-order valence-electron chi connectivity index (χ3n) is 2.57. The van der Waals surface area contributed by atoms with E-state index in [1.54, 1.807) is 4.57 Å². The lowest BCUT2D eigenvalue weighted by Crippen LogP contribution is -1.96. The van der Waals surface area contributed by atoms with E-state index in [2.05, 4.69) is 18.8 Å². The number of benzene rings is 1. The second-order valence-electron chi connectivity index (χ2n) is 4.50. The molecule has 0 saturated carbocycles. The SMILES string of the molecule is CC(C)Cc1[nH]c(=S)n(-c2ccccc2)c1O. The van der Waals surface area contributed by atoms with Gasteiger partial charge in [0.15, 0.2) is 4.77 Å². The van der Waals surface area contributed by atoms with Gasteiger partial charge >= 0.3 is 0 Å². The first-order chi connectivity index (χ1) is 8.09. The van der Waals surface area contributed by atoms with Crippen LogP contribution in [0.1, 0.15) is 19.5 Å². The van der Waals surface area contributed by atoms with Crippen molar-refractivity contribution in [1.29, 1.82) is 0 Å². The fourth-order valence-electron chi connectivity index (χ4n) is 1.84. The maximum atomic E-state index is 10.2. The highest BCUT2D eigenvalue weighted by Crippen LogP contribution is 2.24. The minimum Gasteiger partial charge on any atom is -0.493 e. The Morgan fingerprint density at radius 1 is 1.29 bits per heavy atom. The summed E-state index contributed by atoms with van der Waals surface area (Å²) in [5.41, 5.74) is 1.68. The van der Waals surface area contributed by atoms with E-state index in [9.17, 15) is 5.11 Å². The van der Waals surface area contributed by atoms with Crippen LogP contribution in [-0.4, -0.2) is 14.7 Å². The molecule has 90 valence electrons. The topological polar surface area (TPSA) is 41.0 Å². The Kier molecular flexibility index (Phi) is 3.33. The predicted octanol–water partition coefficient (Wildman–Crippen LogP) is 3.44. The first-order valence-electron chi connectivity index (χ1n) is 5.68. The van der Waals surface area contributed by atoms with E-state index in [1.807, 2.05) is 30.3 Å². The van der Waals surface area contributed by atoms with Crippen molar-refractivity contribution in [2.24, 2.45) is 5.92 Å². The van der Waals surface area contributed by atoms with Crippen LogP contribution >= 0.6 is 12.2 Å². The molecule has 17 heavy (non-hydrogen) atoms. The summed E-state index contributed by atoms with van der Waals surface area (Å²) in [6.07, 6.45) is 0.787. The molecule has 0 aliphatic heterocycles. The van der Waals surface area contributed by atoms with Gasteiger partial charge in [0, 0.05) is 0 Å². The Balaban J connectivity index is 2.49. The molecule has 0 unspecified atom stereocenters. The molecule has 2 N–H and O–H groups in total. The van der Waals surface area contributed by atoms with Crippen LogP contribution in [-0.2, 0) is 6.42 Å². The van der Waals surface area contributed by atoms with Crippen LogP contribution < -0.4 is 0 Å². The van der Waals surface area contributed by atoms with Crippen LogP contribution in [0.25, 0.3) is 5.69 Å². The number of nitrogens with zero attached hydrogens (tertiary/aromatic N) is 1. The van der Waals surface area contributed by atoms with Gasteiger partial charge in [0.1, 0.15) is 0 Å². The summed E-state index contributed by atoms with van der Waals surface area (Å²) in [5, 5.41) is 10.2. The van der Waals surface area contributed by atoms with E-state index in [4.69, 9.17) is 12.2 Å². The molecule has 0 spiro atoms. The fourth-order valence-corrected chi connectivity index (χ4v) is 2.15. The third kappa shape index (κ3) is 2.42. The highest BCUT2D eigenvalue weighted by atomic mass is 32.1. The number of H-pyrrole nitrogens is 1. The van der Waals surface area contributed by atoms with E-state index in [1.165, 1.54) is 0 Å². The monoisotopic (exact) mass is 248 g/mol. The van der Waals surface area contributed by atoms with Gasteiger partial charge in [-0.15, -0.1) is 0 Å². The van der Waals surface area contributed by atoms with E-state index >= 15 is 0 Å². The van der Waals surface area contributed by atoms with Crippen LogP contribution in [0, 0.1) is 10.7 Å². The zero-order valence-corrected chi connectivity index (χ0v) is 10.8. The average Bonchev–Trinajstić information content (AvgIpc) is 2.54. The molecule has 0 aliphatic carbocycles. The summed E-state index contributed by atoms with van der Waals surface area (Å²) in [6, 6.07) is 9.62. The van der Waals surface area contributed by atoms with Crippen LogP contribution in [0.4, 0.5) is 0 Å². The van der Waals surface area contributed by atoms with Crippen LogP contribution in [0.5, 0.6) is 5.88 Å². The summed E-state index contributed by atoms with van der Waals surface area (Å²) >= 11 is 5.24. The standard InChI is InChI=1S/C13H16N2OS/c1-9(2)8-11-12(16)15(13(17)14-11)10-6-4-3-5-7-10/h3-7,9,16H,8H2,1-2H3,(H,14,17). The Labute approximate surface area is 106 Å². The van der Waals surface area contributed by atoms with Gasteiger partial charge in [-0.1, -0.05) is 32.0 Å². The molecule has 1 aromatic carbocycles. The van der Waals surface area contributed by atoms with Crippen molar-refractivity contribution in [1.82, 2.24) is 9.55 Å². The van der Waals surface area contributed by atoms with Gasteiger partial charge in [-0.2, -0.15) is 0 Å². The smallest absolute Gasteiger partial charge is 0.218 e. The van der Waals surface area contributed by atoms with Crippen molar-refractivity contribution >= 4 is 12.2 Å². The van der Waals surface area contributed by atoms with Gasteiger partial charge in [-0.05, 0) is 36.7 Å². The number of hydrogen-bond acceptors (Lipinski definition) is 2. The molecular formula is C13H16N2OS.